The van der Waals surface area contributed by atoms with Crippen molar-refractivity contribution >= 4 is 22.5 Å². The maximum absolute atomic E-state index is 11.6. The maximum atomic E-state index is 11.6. The van der Waals surface area contributed by atoms with Crippen molar-refractivity contribution in [3.8, 4) is 0 Å². The average molecular weight is 274 g/mol. The third-order valence-corrected chi connectivity index (χ3v) is 7.88. The second kappa shape index (κ2) is 5.67. The molecule has 0 unspecified atom stereocenters. The van der Waals surface area contributed by atoms with E-state index in [9.17, 15) is 4.79 Å². The lowest BCUT2D eigenvalue weighted by molar-refractivity contribution is -0.135. The van der Waals surface area contributed by atoms with E-state index in [1.54, 1.807) is 0 Å². The maximum Gasteiger partial charge on any atom is 0.292 e. The summed E-state index contributed by atoms with van der Waals surface area (Å²) in [5.41, 5.74) is 0. The van der Waals surface area contributed by atoms with Crippen LogP contribution in [0.15, 0.2) is 0 Å². The predicted octanol–water partition coefficient (Wildman–Crippen LogP) is 3.06. The lowest BCUT2D eigenvalue weighted by atomic mass is 10.3. The van der Waals surface area contributed by atoms with Gasteiger partial charge in [-0.3, -0.25) is 4.79 Å². The number of hydrogen-bond donors (Lipinski definition) is 0. The van der Waals surface area contributed by atoms with Crippen LogP contribution in [0.5, 0.6) is 0 Å². The summed E-state index contributed by atoms with van der Waals surface area (Å²) in [5, 5.41) is 0. The van der Waals surface area contributed by atoms with Gasteiger partial charge in [0.2, 0.25) is 8.32 Å². The highest BCUT2D eigenvalue weighted by Crippen LogP contribution is 2.25. The van der Waals surface area contributed by atoms with E-state index < -0.39 is 16.6 Å². The standard InChI is InChI=1S/C12H27NO2Si2/c1-16(2,3)15-12(14)8-6-9-13-10-7-11-17(13,4)5/h6-11H2,1-5H3. The molecule has 1 fully saturated rings. The summed E-state index contributed by atoms with van der Waals surface area (Å²) >= 11 is 0. The molecule has 0 spiro atoms. The normalized spacial score (nSPS) is 20.5. The van der Waals surface area contributed by atoms with Crippen LogP contribution in [0.4, 0.5) is 0 Å². The summed E-state index contributed by atoms with van der Waals surface area (Å²) in [4.78, 5) is 11.6. The van der Waals surface area contributed by atoms with E-state index in [4.69, 9.17) is 4.43 Å². The van der Waals surface area contributed by atoms with Crippen molar-refractivity contribution in [2.24, 2.45) is 0 Å². The van der Waals surface area contributed by atoms with Crippen LogP contribution < -0.4 is 0 Å². The van der Waals surface area contributed by atoms with Crippen LogP contribution >= 0.6 is 0 Å². The fraction of sp³-hybridized carbons (Fsp3) is 0.917. The Morgan fingerprint density at radius 2 is 2.00 bits per heavy atom. The summed E-state index contributed by atoms with van der Waals surface area (Å²) < 4.78 is 8.08. The Morgan fingerprint density at radius 1 is 1.35 bits per heavy atom. The minimum Gasteiger partial charge on any atom is -0.520 e. The van der Waals surface area contributed by atoms with Crippen LogP contribution in [0.25, 0.3) is 0 Å². The lowest BCUT2D eigenvalue weighted by Gasteiger charge is -2.29. The van der Waals surface area contributed by atoms with Gasteiger partial charge in [0.1, 0.15) is 8.24 Å². The zero-order valence-electron chi connectivity index (χ0n) is 12.0. The van der Waals surface area contributed by atoms with Crippen molar-refractivity contribution in [1.82, 2.24) is 4.57 Å². The quantitative estimate of drug-likeness (QED) is 0.721. The second-order valence-electron chi connectivity index (χ2n) is 6.59. The van der Waals surface area contributed by atoms with E-state index in [-0.39, 0.29) is 5.97 Å². The van der Waals surface area contributed by atoms with Crippen LogP contribution in [-0.2, 0) is 9.22 Å². The Morgan fingerprint density at radius 3 is 2.47 bits per heavy atom. The monoisotopic (exact) mass is 273 g/mol. The highest BCUT2D eigenvalue weighted by Gasteiger charge is 2.33. The summed E-state index contributed by atoms with van der Waals surface area (Å²) in [7, 11) is -2.78. The van der Waals surface area contributed by atoms with Gasteiger partial charge in [-0.25, -0.2) is 0 Å². The van der Waals surface area contributed by atoms with Gasteiger partial charge in [0.05, 0.1) is 0 Å². The van der Waals surface area contributed by atoms with Crippen molar-refractivity contribution in [2.45, 2.75) is 58.0 Å². The van der Waals surface area contributed by atoms with Gasteiger partial charge >= 0.3 is 0 Å². The molecule has 0 bridgehead atoms. The van der Waals surface area contributed by atoms with Gasteiger partial charge < -0.3 is 8.99 Å². The first-order valence-corrected chi connectivity index (χ1v) is 13.2. The Labute approximate surface area is 108 Å². The zero-order valence-corrected chi connectivity index (χ0v) is 14.0. The molecule has 0 N–H and O–H groups in total. The molecule has 0 atom stereocenters. The van der Waals surface area contributed by atoms with Crippen molar-refractivity contribution < 1.29 is 9.22 Å². The molecule has 1 saturated heterocycles. The Bertz CT molecular complexity index is 274. The van der Waals surface area contributed by atoms with Gasteiger partial charge in [-0.05, 0) is 51.6 Å². The Hall–Kier alpha value is -0.136. The summed E-state index contributed by atoms with van der Waals surface area (Å²) in [6.07, 6.45) is 2.89. The van der Waals surface area contributed by atoms with Gasteiger partial charge in [0, 0.05) is 6.42 Å². The van der Waals surface area contributed by atoms with Crippen LogP contribution in [0.3, 0.4) is 0 Å². The molecular weight excluding hydrogens is 246 g/mol. The van der Waals surface area contributed by atoms with Gasteiger partial charge in [0.15, 0.2) is 0 Å². The number of carbonyl (C=O) groups excluding carboxylic acids is 1. The van der Waals surface area contributed by atoms with Crippen molar-refractivity contribution in [3.05, 3.63) is 0 Å². The van der Waals surface area contributed by atoms with Crippen molar-refractivity contribution in [3.63, 3.8) is 0 Å². The smallest absolute Gasteiger partial charge is 0.292 e. The number of rotatable bonds is 5. The van der Waals surface area contributed by atoms with Crippen LogP contribution in [0.1, 0.15) is 19.3 Å². The summed E-state index contributed by atoms with van der Waals surface area (Å²) in [6.45, 7) is 13.4. The highest BCUT2D eigenvalue weighted by atomic mass is 28.4. The minimum atomic E-state index is -1.68. The highest BCUT2D eigenvalue weighted by molar-refractivity contribution is 6.75. The zero-order chi connectivity index (χ0) is 13.1. The molecule has 1 heterocycles. The number of nitrogens with zero attached hydrogens (tertiary/aromatic N) is 1. The van der Waals surface area contributed by atoms with Gasteiger partial charge in [-0.15, -0.1) is 0 Å². The number of hydrogen-bond acceptors (Lipinski definition) is 3. The first kappa shape index (κ1) is 14.9. The van der Waals surface area contributed by atoms with E-state index in [1.807, 2.05) is 0 Å². The molecule has 0 aromatic carbocycles. The molecule has 17 heavy (non-hydrogen) atoms. The SMILES string of the molecule is C[Si](C)(C)OC(=O)CCCN1CCC[Si]1(C)C. The van der Waals surface area contributed by atoms with Gasteiger partial charge in [0.25, 0.3) is 5.97 Å². The van der Waals surface area contributed by atoms with Gasteiger partial charge in [-0.2, -0.15) is 0 Å². The largest absolute Gasteiger partial charge is 0.520 e. The fourth-order valence-corrected chi connectivity index (χ4v) is 6.04. The molecule has 5 heteroatoms. The molecule has 0 amide bonds. The topological polar surface area (TPSA) is 29.5 Å². The average Bonchev–Trinajstić information content (AvgIpc) is 2.42. The summed E-state index contributed by atoms with van der Waals surface area (Å²) in [6, 6.07) is 1.41. The molecule has 1 aliphatic rings. The molecule has 1 rings (SSSR count). The third kappa shape index (κ3) is 5.35. The Kier molecular flexibility index (Phi) is 4.98. The molecule has 0 aromatic heterocycles. The third-order valence-electron chi connectivity index (χ3n) is 3.30. The van der Waals surface area contributed by atoms with Crippen molar-refractivity contribution in [2.75, 3.05) is 13.1 Å². The lowest BCUT2D eigenvalue weighted by Crippen LogP contribution is -2.43. The molecule has 3 nitrogen and oxygen atoms in total. The van der Waals surface area contributed by atoms with Crippen molar-refractivity contribution in [1.29, 1.82) is 0 Å². The molecule has 0 aliphatic carbocycles. The van der Waals surface area contributed by atoms with E-state index in [0.717, 1.165) is 13.0 Å². The van der Waals surface area contributed by atoms with E-state index >= 15 is 0 Å². The van der Waals surface area contributed by atoms with Crippen LogP contribution in [-0.4, -0.2) is 40.2 Å². The Balaban J connectivity index is 2.22. The van der Waals surface area contributed by atoms with Crippen LogP contribution in [0.2, 0.25) is 38.8 Å². The molecule has 1 aliphatic heterocycles. The molecule has 0 aromatic rings. The fourth-order valence-electron chi connectivity index (χ4n) is 2.38. The van der Waals surface area contributed by atoms with E-state index in [0.29, 0.717) is 6.42 Å². The predicted molar refractivity (Wildman–Crippen MR) is 77.2 cm³/mol. The molecule has 0 saturated carbocycles. The summed E-state index contributed by atoms with van der Waals surface area (Å²) in [5.74, 6) is 0.00263. The number of carbonyl (C=O) groups is 1. The second-order valence-corrected chi connectivity index (χ2v) is 15.8. The first-order valence-electron chi connectivity index (χ1n) is 6.68. The van der Waals surface area contributed by atoms with Crippen LogP contribution in [0, 0.1) is 0 Å². The molecular formula is C12H27NO2Si2. The minimum absolute atomic E-state index is 0.00263. The first-order chi connectivity index (χ1) is 7.71. The van der Waals surface area contributed by atoms with E-state index in [1.165, 1.54) is 19.0 Å². The molecule has 100 valence electrons. The molecule has 0 radical (unpaired) electrons. The van der Waals surface area contributed by atoms with Gasteiger partial charge in [-0.1, -0.05) is 13.1 Å². The van der Waals surface area contributed by atoms with E-state index in [2.05, 4.69) is 37.3 Å².